The van der Waals surface area contributed by atoms with Gasteiger partial charge >= 0.3 is 6.18 Å². The molecule has 1 amide bonds. The summed E-state index contributed by atoms with van der Waals surface area (Å²) in [5.74, 6) is 0.987. The maximum Gasteiger partial charge on any atom is 0.417 e. The second-order valence-electron chi connectivity index (χ2n) is 14.4. The van der Waals surface area contributed by atoms with Gasteiger partial charge in [-0.15, -0.1) is 0 Å². The molecule has 1 unspecified atom stereocenters. The molecule has 10 heteroatoms. The number of rotatable bonds is 8. The Morgan fingerprint density at radius 2 is 1.63 bits per heavy atom. The van der Waals surface area contributed by atoms with Crippen LogP contribution in [0.2, 0.25) is 0 Å². The summed E-state index contributed by atoms with van der Waals surface area (Å²) in [5, 5.41) is 3.29. The minimum absolute atomic E-state index is 0.0426. The van der Waals surface area contributed by atoms with Crippen molar-refractivity contribution >= 4 is 23.2 Å². The summed E-state index contributed by atoms with van der Waals surface area (Å²) in [7, 11) is 0. The van der Waals surface area contributed by atoms with E-state index in [4.69, 9.17) is 0 Å². The van der Waals surface area contributed by atoms with Crippen molar-refractivity contribution in [2.24, 2.45) is 11.3 Å². The van der Waals surface area contributed by atoms with Crippen LogP contribution < -0.4 is 10.2 Å². The zero-order valence-electron chi connectivity index (χ0n) is 25.6. The smallest absolute Gasteiger partial charge is 0.324 e. The Kier molecular flexibility index (Phi) is 6.99. The van der Waals surface area contributed by atoms with Gasteiger partial charge in [0.2, 0.25) is 5.95 Å². The lowest BCUT2D eigenvalue weighted by Gasteiger charge is -2.54. The SMILES string of the molecule is O=C(C1=C2CC(C2)C(F)C1)N(CC12CCC(c3ccc(C(F)(F)F)cn3)(CC1)CC2)c1cccc(Nc2ncc(C3CC3)cn2)c1. The van der Waals surface area contributed by atoms with Crippen LogP contribution in [0.25, 0.3) is 0 Å². The molecule has 0 radical (unpaired) electrons. The van der Waals surface area contributed by atoms with Gasteiger partial charge in [0.05, 0.1) is 5.56 Å². The van der Waals surface area contributed by atoms with E-state index in [1.165, 1.54) is 12.8 Å². The van der Waals surface area contributed by atoms with Crippen LogP contribution in [-0.4, -0.2) is 33.6 Å². The molecule has 1 atom stereocenters. The van der Waals surface area contributed by atoms with Gasteiger partial charge < -0.3 is 10.2 Å². The molecule has 6 nitrogen and oxygen atoms in total. The Morgan fingerprint density at radius 1 is 0.913 bits per heavy atom. The van der Waals surface area contributed by atoms with Crippen molar-refractivity contribution in [1.29, 1.82) is 0 Å². The highest BCUT2D eigenvalue weighted by molar-refractivity contribution is 6.07. The summed E-state index contributed by atoms with van der Waals surface area (Å²) >= 11 is 0. The number of allylic oxidation sites excluding steroid dienone is 1. The molecule has 1 N–H and O–H groups in total. The number of aromatic nitrogens is 3. The van der Waals surface area contributed by atoms with E-state index in [-0.39, 0.29) is 29.1 Å². The second kappa shape index (κ2) is 10.9. The van der Waals surface area contributed by atoms with Gasteiger partial charge in [-0.05, 0) is 117 Å². The molecule has 240 valence electrons. The van der Waals surface area contributed by atoms with Gasteiger partial charge in [0.15, 0.2) is 0 Å². The standard InChI is InChI=1S/C36H37F4N5O/c37-30-17-29(23-14-24(30)15-23)32(46)45(28-3-1-2-27(16-28)44-33-42-18-25(19-43-33)22-4-5-22)21-34-8-11-35(12-9-34,13-10-34)31-7-6-26(20-41-31)36(38,39)40/h1-3,6-7,16,18-20,22,24,30H,4-5,8-15,17,21H2,(H,42,43,44). The summed E-state index contributed by atoms with van der Waals surface area (Å²) < 4.78 is 54.4. The van der Waals surface area contributed by atoms with E-state index in [0.29, 0.717) is 36.8 Å². The van der Waals surface area contributed by atoms with Gasteiger partial charge in [0.25, 0.3) is 5.91 Å². The first-order chi connectivity index (χ1) is 22.1. The lowest BCUT2D eigenvalue weighted by atomic mass is 9.52. The number of nitrogens with one attached hydrogen (secondary N) is 1. The van der Waals surface area contributed by atoms with Crippen molar-refractivity contribution in [3.8, 4) is 0 Å². The molecule has 5 saturated carbocycles. The van der Waals surface area contributed by atoms with Crippen molar-refractivity contribution in [2.45, 2.75) is 94.3 Å². The molecule has 7 aliphatic carbocycles. The van der Waals surface area contributed by atoms with E-state index in [2.05, 4.69) is 20.3 Å². The number of hydrogen-bond donors (Lipinski definition) is 1. The minimum Gasteiger partial charge on any atom is -0.324 e. The number of alkyl halides is 4. The van der Waals surface area contributed by atoms with Gasteiger partial charge in [-0.1, -0.05) is 11.6 Å². The fourth-order valence-corrected chi connectivity index (χ4v) is 8.27. The number of hydrogen-bond acceptors (Lipinski definition) is 5. The van der Waals surface area contributed by atoms with E-state index < -0.39 is 17.9 Å². The third-order valence-corrected chi connectivity index (χ3v) is 11.5. The fourth-order valence-electron chi connectivity index (χ4n) is 8.27. The van der Waals surface area contributed by atoms with Crippen molar-refractivity contribution in [3.63, 3.8) is 0 Å². The number of fused-ring (bicyclic) bond motifs is 5. The normalized spacial score (nSPS) is 28.5. The molecule has 10 rings (SSSR count). The van der Waals surface area contributed by atoms with E-state index in [1.54, 1.807) is 6.07 Å². The highest BCUT2D eigenvalue weighted by Crippen LogP contribution is 2.58. The third kappa shape index (κ3) is 5.37. The molecule has 4 bridgehead atoms. The van der Waals surface area contributed by atoms with Gasteiger partial charge in [-0.3, -0.25) is 9.78 Å². The Labute approximate surface area is 265 Å². The number of carbonyl (C=O) groups is 1. The second-order valence-corrected chi connectivity index (χ2v) is 14.4. The molecule has 5 fully saturated rings. The van der Waals surface area contributed by atoms with Crippen LogP contribution in [0.4, 0.5) is 34.9 Å². The molecule has 2 aromatic heterocycles. The third-order valence-electron chi connectivity index (χ3n) is 11.5. The molecule has 7 aliphatic rings. The highest BCUT2D eigenvalue weighted by Gasteiger charge is 2.52. The van der Waals surface area contributed by atoms with Gasteiger partial charge in [0.1, 0.15) is 6.17 Å². The molecule has 1 aromatic carbocycles. The largest absolute Gasteiger partial charge is 0.417 e. The average Bonchev–Trinajstić information content (AvgIpc) is 3.90. The minimum atomic E-state index is -4.41. The van der Waals surface area contributed by atoms with Gasteiger partial charge in [-0.25, -0.2) is 14.4 Å². The number of carbonyl (C=O) groups excluding carboxylic acids is 1. The van der Waals surface area contributed by atoms with E-state index in [0.717, 1.165) is 79.0 Å². The Bertz CT molecular complexity index is 1650. The predicted molar refractivity (Wildman–Crippen MR) is 166 cm³/mol. The quantitative estimate of drug-likeness (QED) is 0.252. The number of amides is 1. The van der Waals surface area contributed by atoms with E-state index in [9.17, 15) is 22.4 Å². The van der Waals surface area contributed by atoms with E-state index >= 15 is 0 Å². The van der Waals surface area contributed by atoms with Crippen LogP contribution >= 0.6 is 0 Å². The van der Waals surface area contributed by atoms with Crippen LogP contribution in [-0.2, 0) is 16.4 Å². The maximum atomic E-state index is 14.9. The first-order valence-corrected chi connectivity index (χ1v) is 16.5. The Morgan fingerprint density at radius 3 is 2.24 bits per heavy atom. The van der Waals surface area contributed by atoms with Crippen LogP contribution in [0.5, 0.6) is 0 Å². The average molecular weight is 632 g/mol. The zero-order chi connectivity index (χ0) is 31.7. The van der Waals surface area contributed by atoms with Gasteiger partial charge in [0, 0.05) is 59.6 Å². The van der Waals surface area contributed by atoms with Crippen molar-refractivity contribution in [3.05, 3.63) is 83.0 Å². The zero-order valence-corrected chi connectivity index (χ0v) is 25.6. The molecule has 0 spiro atoms. The molecule has 3 aromatic rings. The van der Waals surface area contributed by atoms with Crippen molar-refractivity contribution in [1.82, 2.24) is 15.0 Å². The van der Waals surface area contributed by atoms with Crippen LogP contribution in [0.15, 0.2) is 66.1 Å². The molecule has 46 heavy (non-hydrogen) atoms. The van der Waals surface area contributed by atoms with Crippen LogP contribution in [0, 0.1) is 11.3 Å². The molecule has 2 heterocycles. The van der Waals surface area contributed by atoms with Crippen molar-refractivity contribution in [2.75, 3.05) is 16.8 Å². The molecular formula is C36H37F4N5O. The number of halogens is 4. The summed E-state index contributed by atoms with van der Waals surface area (Å²) in [5.41, 5.74) is 4.00. The first kappa shape index (κ1) is 29.6. The Balaban J connectivity index is 1.05. The maximum absolute atomic E-state index is 14.9. The number of benzene rings is 1. The molecular weight excluding hydrogens is 594 g/mol. The van der Waals surface area contributed by atoms with Crippen molar-refractivity contribution < 1.29 is 22.4 Å². The fraction of sp³-hybridized carbons (Fsp3) is 0.500. The molecule has 0 aliphatic heterocycles. The highest BCUT2D eigenvalue weighted by atomic mass is 19.4. The summed E-state index contributed by atoms with van der Waals surface area (Å²) in [6.07, 6.45) is 8.13. The lowest BCUT2D eigenvalue weighted by molar-refractivity contribution is -0.137. The monoisotopic (exact) mass is 631 g/mol. The predicted octanol–water partition coefficient (Wildman–Crippen LogP) is 8.59. The summed E-state index contributed by atoms with van der Waals surface area (Å²) in [6.45, 7) is 0.509. The lowest BCUT2D eigenvalue weighted by Crippen LogP contribution is -2.51. The number of nitrogens with zero attached hydrogens (tertiary/aromatic N) is 4. The first-order valence-electron chi connectivity index (χ1n) is 16.5. The number of anilines is 3. The topological polar surface area (TPSA) is 71.0 Å². The Hall–Kier alpha value is -3.82. The van der Waals surface area contributed by atoms with Crippen LogP contribution in [0.1, 0.15) is 93.4 Å². The molecule has 0 saturated heterocycles. The van der Waals surface area contributed by atoms with Crippen LogP contribution in [0.3, 0.4) is 0 Å². The van der Waals surface area contributed by atoms with E-state index in [1.807, 2.05) is 41.6 Å². The summed E-state index contributed by atoms with van der Waals surface area (Å²) in [4.78, 5) is 29.5. The summed E-state index contributed by atoms with van der Waals surface area (Å²) in [6, 6.07) is 10.4. The van der Waals surface area contributed by atoms with Gasteiger partial charge in [-0.2, -0.15) is 13.2 Å². The number of pyridine rings is 1.